The minimum Gasteiger partial charge on any atom is -0.495 e. The molecule has 0 bridgehead atoms. The molecule has 3 heterocycles. The number of anilines is 2. The Morgan fingerprint density at radius 3 is 2.57 bits per heavy atom. The minimum atomic E-state index is -1.54. The Morgan fingerprint density at radius 1 is 1.17 bits per heavy atom. The van der Waals surface area contributed by atoms with Crippen molar-refractivity contribution in [3.8, 4) is 5.75 Å². The number of amides is 2. The minimum absolute atomic E-state index is 0.0332. The van der Waals surface area contributed by atoms with E-state index in [4.69, 9.17) is 27.9 Å². The van der Waals surface area contributed by atoms with Gasteiger partial charge in [0.1, 0.15) is 17.0 Å². The van der Waals surface area contributed by atoms with Gasteiger partial charge in [-0.3, -0.25) is 14.6 Å². The molecule has 0 unspecified atom stereocenters. The summed E-state index contributed by atoms with van der Waals surface area (Å²) in [5.41, 5.74) is -1.03. The average Bonchev–Trinajstić information content (AvgIpc) is 3.41. The highest BCUT2D eigenvalue weighted by atomic mass is 35.5. The van der Waals surface area contributed by atoms with E-state index in [-0.39, 0.29) is 38.0 Å². The second kappa shape index (κ2) is 10.8. The number of methoxy groups -OCH3 is 1. The number of ether oxygens (including phenoxy) is 1. The first-order valence-corrected chi connectivity index (χ1v) is 13.9. The summed E-state index contributed by atoms with van der Waals surface area (Å²) < 4.78 is 21.2. The number of pyridine rings is 1. The number of carbonyl (C=O) groups is 3. The Hall–Kier alpha value is -3.73. The van der Waals surface area contributed by atoms with E-state index in [1.54, 1.807) is 12.1 Å². The highest BCUT2D eigenvalue weighted by Gasteiger charge is 2.67. The molecule has 1 aromatic heterocycles. The zero-order chi connectivity index (χ0) is 30.6. The van der Waals surface area contributed by atoms with E-state index in [0.717, 1.165) is 0 Å². The lowest BCUT2D eigenvalue weighted by Gasteiger charge is -2.36. The van der Waals surface area contributed by atoms with Crippen LogP contribution < -0.4 is 20.7 Å². The van der Waals surface area contributed by atoms with Gasteiger partial charge < -0.3 is 25.8 Å². The lowest BCUT2D eigenvalue weighted by molar-refractivity contribution is -0.122. The SMILES string of the molecule is COc1cc(C(=O)O)ccc1NC(=O)[C@@H]1N[C@@H](CC(C)(C)C)[C@@]2(C(=O)Nc3c(Cl)ccnc32)[C@H]1c1cccc(Cl)c1F. The zero-order valence-corrected chi connectivity index (χ0v) is 24.7. The number of carbonyl (C=O) groups excluding carboxylic acids is 2. The smallest absolute Gasteiger partial charge is 0.335 e. The van der Waals surface area contributed by atoms with Crippen LogP contribution in [0.15, 0.2) is 48.7 Å². The third-order valence-corrected chi connectivity index (χ3v) is 8.39. The molecule has 2 aliphatic rings. The summed E-state index contributed by atoms with van der Waals surface area (Å²) in [6.07, 6.45) is 1.89. The molecule has 0 radical (unpaired) electrons. The first kappa shape index (κ1) is 29.8. The van der Waals surface area contributed by atoms with Gasteiger partial charge in [0, 0.05) is 18.2 Å². The lowest BCUT2D eigenvalue weighted by atomic mass is 9.64. The van der Waals surface area contributed by atoms with Crippen LogP contribution in [0.1, 0.15) is 54.7 Å². The van der Waals surface area contributed by atoms with Gasteiger partial charge in [-0.2, -0.15) is 0 Å². The molecule has 5 rings (SSSR count). The zero-order valence-electron chi connectivity index (χ0n) is 23.2. The maximum Gasteiger partial charge on any atom is 0.335 e. The molecule has 9 nitrogen and oxygen atoms in total. The average molecular weight is 615 g/mol. The molecule has 1 saturated heterocycles. The van der Waals surface area contributed by atoms with Gasteiger partial charge in [0.25, 0.3) is 0 Å². The second-order valence-corrected chi connectivity index (χ2v) is 12.4. The molecule has 4 N–H and O–H groups in total. The van der Waals surface area contributed by atoms with Gasteiger partial charge in [0.05, 0.1) is 45.8 Å². The molecule has 1 spiro atoms. The maximum atomic E-state index is 15.9. The number of carboxylic acids is 1. The number of halogens is 3. The van der Waals surface area contributed by atoms with Gasteiger partial charge in [-0.05, 0) is 47.7 Å². The summed E-state index contributed by atoms with van der Waals surface area (Å²) in [5.74, 6) is -3.98. The van der Waals surface area contributed by atoms with Crippen molar-refractivity contribution in [3.63, 3.8) is 0 Å². The summed E-state index contributed by atoms with van der Waals surface area (Å²) >= 11 is 12.7. The third kappa shape index (κ3) is 4.87. The van der Waals surface area contributed by atoms with Crippen LogP contribution in [0, 0.1) is 11.2 Å². The van der Waals surface area contributed by atoms with Crippen molar-refractivity contribution in [1.82, 2.24) is 10.3 Å². The Labute approximate surface area is 251 Å². The van der Waals surface area contributed by atoms with Crippen LogP contribution >= 0.6 is 23.2 Å². The maximum absolute atomic E-state index is 15.9. The number of nitrogens with one attached hydrogen (secondary N) is 3. The highest BCUT2D eigenvalue weighted by Crippen LogP contribution is 2.57. The topological polar surface area (TPSA) is 130 Å². The van der Waals surface area contributed by atoms with Gasteiger partial charge in [-0.15, -0.1) is 0 Å². The van der Waals surface area contributed by atoms with Crippen molar-refractivity contribution in [1.29, 1.82) is 0 Å². The molecule has 0 aliphatic carbocycles. The van der Waals surface area contributed by atoms with E-state index in [1.807, 2.05) is 20.8 Å². The molecule has 2 aromatic carbocycles. The molecule has 3 aromatic rings. The van der Waals surface area contributed by atoms with Crippen LogP contribution in [0.25, 0.3) is 0 Å². The number of aromatic carboxylic acids is 1. The summed E-state index contributed by atoms with van der Waals surface area (Å²) in [5, 5.41) is 18.5. The van der Waals surface area contributed by atoms with Crippen LogP contribution in [0.3, 0.4) is 0 Å². The van der Waals surface area contributed by atoms with Gasteiger partial charge in [0.15, 0.2) is 0 Å². The van der Waals surface area contributed by atoms with Crippen molar-refractivity contribution in [2.24, 2.45) is 5.41 Å². The fraction of sp³-hybridized carbons (Fsp3) is 0.333. The first-order chi connectivity index (χ1) is 19.8. The number of benzene rings is 2. The van der Waals surface area contributed by atoms with Gasteiger partial charge in [0.2, 0.25) is 11.8 Å². The predicted molar refractivity (Wildman–Crippen MR) is 157 cm³/mol. The van der Waals surface area contributed by atoms with Gasteiger partial charge in [-0.25, -0.2) is 9.18 Å². The largest absolute Gasteiger partial charge is 0.495 e. The number of hydrogen-bond donors (Lipinski definition) is 4. The van der Waals surface area contributed by atoms with Crippen LogP contribution in [-0.2, 0) is 15.0 Å². The molecule has 12 heteroatoms. The van der Waals surface area contributed by atoms with Crippen molar-refractivity contribution >= 4 is 52.4 Å². The van der Waals surface area contributed by atoms with Gasteiger partial charge in [-0.1, -0.05) is 56.1 Å². The summed E-state index contributed by atoms with van der Waals surface area (Å²) in [6.45, 7) is 6.00. The quantitative estimate of drug-likeness (QED) is 0.283. The normalized spacial score (nSPS) is 23.0. The molecule has 0 saturated carbocycles. The monoisotopic (exact) mass is 614 g/mol. The Kier molecular flexibility index (Phi) is 7.67. The molecule has 220 valence electrons. The molecule has 2 amide bonds. The number of nitrogens with zero attached hydrogens (tertiary/aromatic N) is 1. The molecular weight excluding hydrogens is 586 g/mol. The second-order valence-electron chi connectivity index (χ2n) is 11.6. The van der Waals surface area contributed by atoms with E-state index in [2.05, 4.69) is 20.9 Å². The van der Waals surface area contributed by atoms with E-state index >= 15 is 4.39 Å². The van der Waals surface area contributed by atoms with Crippen molar-refractivity contribution in [2.45, 2.75) is 50.6 Å². The third-order valence-electron chi connectivity index (χ3n) is 7.78. The Balaban J connectivity index is 1.71. The van der Waals surface area contributed by atoms with Crippen LogP contribution in [0.2, 0.25) is 10.0 Å². The lowest BCUT2D eigenvalue weighted by Crippen LogP contribution is -2.50. The number of fused-ring (bicyclic) bond motifs is 2. The van der Waals surface area contributed by atoms with Crippen LogP contribution in [0.4, 0.5) is 15.8 Å². The summed E-state index contributed by atoms with van der Waals surface area (Å²) in [7, 11) is 1.35. The van der Waals surface area contributed by atoms with Crippen molar-refractivity contribution in [3.05, 3.63) is 81.3 Å². The van der Waals surface area contributed by atoms with E-state index in [1.165, 1.54) is 43.6 Å². The van der Waals surface area contributed by atoms with Crippen molar-refractivity contribution in [2.75, 3.05) is 17.7 Å². The fourth-order valence-electron chi connectivity index (χ4n) is 6.11. The predicted octanol–water partition coefficient (Wildman–Crippen LogP) is 5.62. The molecule has 42 heavy (non-hydrogen) atoms. The fourth-order valence-corrected chi connectivity index (χ4v) is 6.49. The summed E-state index contributed by atoms with van der Waals surface area (Å²) in [6, 6.07) is 8.19. The Morgan fingerprint density at radius 2 is 1.90 bits per heavy atom. The number of aromatic nitrogens is 1. The number of rotatable bonds is 6. The van der Waals surface area contributed by atoms with E-state index < -0.39 is 47.0 Å². The first-order valence-electron chi connectivity index (χ1n) is 13.2. The standard InChI is InChI=1S/C30H29Cl2FN4O5/c1-29(2,3)13-20-30(25-23(37-28(30)41)17(32)10-11-34-25)21(15-6-5-7-16(31)22(15)33)24(36-20)26(38)35-18-9-8-14(27(39)40)12-19(18)42-4/h5-12,20-21,24,36H,13H2,1-4H3,(H,35,38)(H,37,41)(H,39,40)/t20-,21-,24+,30+/m0/s1. The van der Waals surface area contributed by atoms with Gasteiger partial charge >= 0.3 is 5.97 Å². The van der Waals surface area contributed by atoms with Crippen LogP contribution in [-0.4, -0.2) is 47.1 Å². The molecule has 2 aliphatic heterocycles. The van der Waals surface area contributed by atoms with Crippen molar-refractivity contribution < 1.29 is 28.6 Å². The van der Waals surface area contributed by atoms with Crippen LogP contribution in [0.5, 0.6) is 5.75 Å². The Bertz CT molecular complexity index is 1610. The molecule has 1 fully saturated rings. The number of hydrogen-bond acceptors (Lipinski definition) is 6. The highest BCUT2D eigenvalue weighted by molar-refractivity contribution is 6.35. The molecular formula is C30H29Cl2FN4O5. The van der Waals surface area contributed by atoms with E-state index in [0.29, 0.717) is 17.8 Å². The summed E-state index contributed by atoms with van der Waals surface area (Å²) in [4.78, 5) is 44.4. The number of carboxylic acid groups (broad SMARTS) is 1. The molecule has 4 atom stereocenters. The van der Waals surface area contributed by atoms with E-state index in [9.17, 15) is 19.5 Å².